The first kappa shape index (κ1) is 19.2. The molecule has 1 aliphatic rings. The summed E-state index contributed by atoms with van der Waals surface area (Å²) in [7, 11) is 1.57. The van der Waals surface area contributed by atoms with Crippen LogP contribution in [0.5, 0.6) is 5.75 Å². The number of non-ortho nitro benzene ring substituents is 1. The fraction of sp³-hybridized carbons (Fsp3) is 0.263. The highest BCUT2D eigenvalue weighted by atomic mass is 16.6. The average molecular weight is 384 g/mol. The standard InChI is InChI=1S/C19H20N4O5/c1-12-9-15(23(26)27)5-8-17(12)21-19(25)20-13-10-18(24)22(11-13)14-3-6-16(28-2)7-4-14/h3-9,13H,10-11H2,1-2H3,(H2,20,21,25). The van der Waals surface area contributed by atoms with Crippen LogP contribution in [0, 0.1) is 17.0 Å². The Labute approximate surface area is 161 Å². The maximum absolute atomic E-state index is 12.3. The van der Waals surface area contributed by atoms with Crippen LogP contribution in [-0.4, -0.2) is 36.6 Å². The number of carbonyl (C=O) groups excluding carboxylic acids is 2. The zero-order chi connectivity index (χ0) is 20.3. The van der Waals surface area contributed by atoms with Crippen molar-refractivity contribution in [2.75, 3.05) is 23.9 Å². The molecule has 2 N–H and O–H groups in total. The SMILES string of the molecule is COc1ccc(N2CC(NC(=O)Nc3ccc([N+](=O)[O-])cc3C)CC2=O)cc1. The largest absolute Gasteiger partial charge is 0.497 e. The number of hydrogen-bond donors (Lipinski definition) is 2. The smallest absolute Gasteiger partial charge is 0.319 e. The number of hydrogen-bond acceptors (Lipinski definition) is 5. The van der Waals surface area contributed by atoms with E-state index in [1.54, 1.807) is 43.2 Å². The Kier molecular flexibility index (Phi) is 5.44. The molecule has 1 atom stereocenters. The molecule has 9 heteroatoms. The number of carbonyl (C=O) groups is 2. The van der Waals surface area contributed by atoms with Gasteiger partial charge >= 0.3 is 6.03 Å². The number of ether oxygens (including phenoxy) is 1. The molecule has 146 valence electrons. The van der Waals surface area contributed by atoms with E-state index >= 15 is 0 Å². The Morgan fingerprint density at radius 3 is 2.57 bits per heavy atom. The number of rotatable bonds is 5. The van der Waals surface area contributed by atoms with E-state index in [9.17, 15) is 19.7 Å². The lowest BCUT2D eigenvalue weighted by atomic mass is 10.2. The summed E-state index contributed by atoms with van der Waals surface area (Å²) in [5, 5.41) is 16.2. The lowest BCUT2D eigenvalue weighted by molar-refractivity contribution is -0.384. The molecular formula is C19H20N4O5. The van der Waals surface area contributed by atoms with E-state index in [0.29, 0.717) is 23.5 Å². The van der Waals surface area contributed by atoms with Crippen molar-refractivity contribution < 1.29 is 19.2 Å². The van der Waals surface area contributed by atoms with Crippen molar-refractivity contribution in [1.29, 1.82) is 0 Å². The van der Waals surface area contributed by atoms with E-state index in [4.69, 9.17) is 4.74 Å². The van der Waals surface area contributed by atoms with E-state index < -0.39 is 11.0 Å². The van der Waals surface area contributed by atoms with Crippen LogP contribution in [0.25, 0.3) is 0 Å². The van der Waals surface area contributed by atoms with Crippen LogP contribution in [0.15, 0.2) is 42.5 Å². The topological polar surface area (TPSA) is 114 Å². The molecule has 0 saturated carbocycles. The van der Waals surface area contributed by atoms with Gasteiger partial charge in [-0.15, -0.1) is 0 Å². The third-order valence-electron chi connectivity index (χ3n) is 4.51. The molecule has 0 aliphatic carbocycles. The van der Waals surface area contributed by atoms with Crippen molar-refractivity contribution in [2.24, 2.45) is 0 Å². The third kappa shape index (κ3) is 4.20. The zero-order valence-electron chi connectivity index (χ0n) is 15.5. The van der Waals surface area contributed by atoms with Crippen LogP contribution in [0.1, 0.15) is 12.0 Å². The normalized spacial score (nSPS) is 16.0. The highest BCUT2D eigenvalue weighted by Crippen LogP contribution is 2.25. The minimum absolute atomic E-state index is 0.0417. The molecule has 28 heavy (non-hydrogen) atoms. The molecule has 9 nitrogen and oxygen atoms in total. The van der Waals surface area contributed by atoms with Crippen LogP contribution in [0.4, 0.5) is 21.9 Å². The molecule has 1 saturated heterocycles. The van der Waals surface area contributed by atoms with Gasteiger partial charge in [0, 0.05) is 36.5 Å². The van der Waals surface area contributed by atoms with Gasteiger partial charge in [-0.1, -0.05) is 0 Å². The van der Waals surface area contributed by atoms with Crippen LogP contribution in [0.3, 0.4) is 0 Å². The molecule has 1 fully saturated rings. The molecule has 3 amide bonds. The van der Waals surface area contributed by atoms with Gasteiger partial charge in [0.05, 0.1) is 18.1 Å². The molecule has 1 unspecified atom stereocenters. The summed E-state index contributed by atoms with van der Waals surface area (Å²) < 4.78 is 5.11. The number of nitro benzene ring substituents is 1. The lowest BCUT2D eigenvalue weighted by Gasteiger charge is -2.18. The highest BCUT2D eigenvalue weighted by Gasteiger charge is 2.31. The summed E-state index contributed by atoms with van der Waals surface area (Å²) in [6.07, 6.45) is 0.193. The summed E-state index contributed by atoms with van der Waals surface area (Å²) >= 11 is 0. The van der Waals surface area contributed by atoms with Crippen LogP contribution in [0.2, 0.25) is 0 Å². The second-order valence-electron chi connectivity index (χ2n) is 6.46. The molecule has 0 bridgehead atoms. The summed E-state index contributed by atoms with van der Waals surface area (Å²) in [5.41, 5.74) is 1.74. The molecule has 3 rings (SSSR count). The predicted octanol–water partition coefficient (Wildman–Crippen LogP) is 2.84. The number of amides is 3. The highest BCUT2D eigenvalue weighted by molar-refractivity contribution is 5.97. The van der Waals surface area contributed by atoms with Crippen molar-refractivity contribution in [3.63, 3.8) is 0 Å². The maximum Gasteiger partial charge on any atom is 0.319 e. The fourth-order valence-electron chi connectivity index (χ4n) is 3.06. The number of urea groups is 1. The lowest BCUT2D eigenvalue weighted by Crippen LogP contribution is -2.39. The average Bonchev–Trinajstić information content (AvgIpc) is 3.03. The van der Waals surface area contributed by atoms with E-state index in [1.165, 1.54) is 18.2 Å². The number of nitrogens with zero attached hydrogens (tertiary/aromatic N) is 2. The predicted molar refractivity (Wildman–Crippen MR) is 104 cm³/mol. The van der Waals surface area contributed by atoms with Crippen molar-refractivity contribution in [1.82, 2.24) is 5.32 Å². The van der Waals surface area contributed by atoms with Gasteiger partial charge in [-0.05, 0) is 42.8 Å². The summed E-state index contributed by atoms with van der Waals surface area (Å²) in [6.45, 7) is 2.03. The van der Waals surface area contributed by atoms with Gasteiger partial charge in [-0.3, -0.25) is 14.9 Å². The van der Waals surface area contributed by atoms with Crippen LogP contribution in [-0.2, 0) is 4.79 Å². The summed E-state index contributed by atoms with van der Waals surface area (Å²) in [4.78, 5) is 36.5. The second kappa shape index (κ2) is 7.95. The van der Waals surface area contributed by atoms with Gasteiger partial charge in [0.1, 0.15) is 5.75 Å². The summed E-state index contributed by atoms with van der Waals surface area (Å²) in [6, 6.07) is 10.5. The minimum Gasteiger partial charge on any atom is -0.497 e. The molecular weight excluding hydrogens is 364 g/mol. The molecule has 0 radical (unpaired) electrons. The molecule has 2 aromatic rings. The van der Waals surface area contributed by atoms with E-state index in [0.717, 1.165) is 5.69 Å². The fourth-order valence-corrected chi connectivity index (χ4v) is 3.06. The van der Waals surface area contributed by atoms with E-state index in [2.05, 4.69) is 10.6 Å². The van der Waals surface area contributed by atoms with Crippen LogP contribution >= 0.6 is 0 Å². The van der Waals surface area contributed by atoms with Gasteiger partial charge in [0.25, 0.3) is 5.69 Å². The molecule has 0 spiro atoms. The molecule has 2 aromatic carbocycles. The van der Waals surface area contributed by atoms with E-state index in [-0.39, 0.29) is 24.1 Å². The van der Waals surface area contributed by atoms with Gasteiger partial charge in [0.2, 0.25) is 5.91 Å². The van der Waals surface area contributed by atoms with E-state index in [1.807, 2.05) is 0 Å². The Morgan fingerprint density at radius 2 is 1.96 bits per heavy atom. The van der Waals surface area contributed by atoms with Crippen molar-refractivity contribution in [3.8, 4) is 5.75 Å². The second-order valence-corrected chi connectivity index (χ2v) is 6.46. The number of methoxy groups -OCH3 is 1. The Hall–Kier alpha value is -3.62. The van der Waals surface area contributed by atoms with Crippen molar-refractivity contribution >= 4 is 29.0 Å². The minimum atomic E-state index is -0.491. The Bertz CT molecular complexity index is 913. The monoisotopic (exact) mass is 384 g/mol. The van der Waals surface area contributed by atoms with Gasteiger partial charge < -0.3 is 20.3 Å². The van der Waals surface area contributed by atoms with Gasteiger partial charge in [0.15, 0.2) is 0 Å². The number of anilines is 2. The number of benzene rings is 2. The maximum atomic E-state index is 12.3. The van der Waals surface area contributed by atoms with Gasteiger partial charge in [-0.2, -0.15) is 0 Å². The first-order chi connectivity index (χ1) is 13.4. The summed E-state index contributed by atoms with van der Waals surface area (Å²) in [5.74, 6) is 0.616. The first-order valence-corrected chi connectivity index (χ1v) is 8.64. The third-order valence-corrected chi connectivity index (χ3v) is 4.51. The Morgan fingerprint density at radius 1 is 1.25 bits per heavy atom. The number of nitro groups is 1. The number of aryl methyl sites for hydroxylation is 1. The van der Waals surface area contributed by atoms with Crippen molar-refractivity contribution in [3.05, 3.63) is 58.1 Å². The Balaban J connectivity index is 1.60. The zero-order valence-corrected chi connectivity index (χ0v) is 15.5. The number of nitrogens with one attached hydrogen (secondary N) is 2. The molecule has 1 aliphatic heterocycles. The first-order valence-electron chi connectivity index (χ1n) is 8.64. The van der Waals surface area contributed by atoms with Crippen LogP contribution < -0.4 is 20.3 Å². The quantitative estimate of drug-likeness (QED) is 0.608. The van der Waals surface area contributed by atoms with Gasteiger partial charge in [-0.25, -0.2) is 4.79 Å². The molecule has 0 aromatic heterocycles. The van der Waals surface area contributed by atoms with Crippen molar-refractivity contribution in [2.45, 2.75) is 19.4 Å². The molecule has 1 heterocycles.